The Morgan fingerprint density at radius 2 is 2.00 bits per heavy atom. The van der Waals surface area contributed by atoms with Crippen molar-refractivity contribution in [3.05, 3.63) is 56.2 Å². The Hall–Kier alpha value is -1.89. The number of thiophene rings is 1. The number of hydrogen-bond donors (Lipinski definition) is 2. The van der Waals surface area contributed by atoms with Crippen LogP contribution >= 0.6 is 34.5 Å². The lowest BCUT2D eigenvalue weighted by atomic mass is 10.1. The predicted octanol–water partition coefficient (Wildman–Crippen LogP) is 3.33. The first kappa shape index (κ1) is 17.5. The Kier molecular flexibility index (Phi) is 6.15. The van der Waals surface area contributed by atoms with Crippen molar-refractivity contribution in [2.75, 3.05) is 6.54 Å². The van der Waals surface area contributed by atoms with E-state index in [0.29, 0.717) is 20.6 Å². The summed E-state index contributed by atoms with van der Waals surface area (Å²) in [5.74, 6) is -0.713. The van der Waals surface area contributed by atoms with Gasteiger partial charge in [0.05, 0.1) is 27.2 Å². The van der Waals surface area contributed by atoms with E-state index >= 15 is 0 Å². The highest BCUT2D eigenvalue weighted by Crippen LogP contribution is 2.22. The van der Waals surface area contributed by atoms with Crippen LogP contribution in [0.2, 0.25) is 10.0 Å². The Morgan fingerprint density at radius 3 is 2.65 bits per heavy atom. The Morgan fingerprint density at radius 1 is 1.22 bits per heavy atom. The summed E-state index contributed by atoms with van der Waals surface area (Å²) in [6.45, 7) is 1.57. The number of benzene rings is 1. The third-order valence-corrected chi connectivity index (χ3v) is 4.45. The molecule has 2 aromatic rings. The first-order valence-corrected chi connectivity index (χ1v) is 8.21. The molecule has 0 unspecified atom stereocenters. The smallest absolute Gasteiger partial charge is 0.261 e. The van der Waals surface area contributed by atoms with Gasteiger partial charge in [-0.1, -0.05) is 35.3 Å². The second-order valence-electron chi connectivity index (χ2n) is 4.52. The number of hydrazone groups is 1. The summed E-state index contributed by atoms with van der Waals surface area (Å²) < 4.78 is 0. The fraction of sp³-hybridized carbons (Fsp3) is 0.133. The van der Waals surface area contributed by atoms with E-state index in [4.69, 9.17) is 23.2 Å². The van der Waals surface area contributed by atoms with Crippen LogP contribution in [0.4, 0.5) is 0 Å². The molecule has 0 saturated carbocycles. The Labute approximate surface area is 147 Å². The number of amides is 2. The first-order chi connectivity index (χ1) is 11.0. The van der Waals surface area contributed by atoms with Crippen LogP contribution < -0.4 is 10.7 Å². The molecule has 5 nitrogen and oxygen atoms in total. The quantitative estimate of drug-likeness (QED) is 0.626. The maximum absolute atomic E-state index is 11.7. The number of halogens is 2. The zero-order valence-corrected chi connectivity index (χ0v) is 14.4. The van der Waals surface area contributed by atoms with Crippen molar-refractivity contribution in [2.45, 2.75) is 6.92 Å². The summed E-state index contributed by atoms with van der Waals surface area (Å²) in [7, 11) is 0. The second-order valence-corrected chi connectivity index (χ2v) is 6.28. The molecule has 1 aromatic heterocycles. The zero-order chi connectivity index (χ0) is 16.8. The van der Waals surface area contributed by atoms with E-state index in [1.54, 1.807) is 42.6 Å². The standard InChI is InChI=1S/C15H13Cl2N3O2S/c1-9(10-4-5-11(16)12(17)7-10)19-20-14(21)8-18-15(22)13-3-2-6-23-13/h2-7H,8H2,1H3,(H,18,22)(H,20,21)/b19-9+. The van der Waals surface area contributed by atoms with Crippen molar-refractivity contribution in [2.24, 2.45) is 5.10 Å². The SMILES string of the molecule is C/C(=N\NC(=O)CNC(=O)c1cccs1)c1ccc(Cl)c(Cl)c1. The molecule has 0 aliphatic rings. The number of nitrogens with zero attached hydrogens (tertiary/aromatic N) is 1. The van der Waals surface area contributed by atoms with E-state index in [0.717, 1.165) is 5.56 Å². The van der Waals surface area contributed by atoms with Crippen LogP contribution in [0.25, 0.3) is 0 Å². The number of carbonyl (C=O) groups is 2. The minimum atomic E-state index is -0.422. The molecule has 0 saturated heterocycles. The first-order valence-electron chi connectivity index (χ1n) is 6.57. The molecule has 0 atom stereocenters. The molecule has 0 aliphatic carbocycles. The minimum Gasteiger partial charge on any atom is -0.342 e. The average molecular weight is 370 g/mol. The van der Waals surface area contributed by atoms with Crippen molar-refractivity contribution in [1.82, 2.24) is 10.7 Å². The highest BCUT2D eigenvalue weighted by Gasteiger charge is 2.08. The largest absolute Gasteiger partial charge is 0.342 e. The molecule has 1 heterocycles. The number of carbonyl (C=O) groups excluding carboxylic acids is 2. The van der Waals surface area contributed by atoms with Gasteiger partial charge in [-0.05, 0) is 36.1 Å². The lowest BCUT2D eigenvalue weighted by Crippen LogP contribution is -2.34. The van der Waals surface area contributed by atoms with Gasteiger partial charge in [0, 0.05) is 0 Å². The molecular weight excluding hydrogens is 357 g/mol. The third-order valence-electron chi connectivity index (χ3n) is 2.84. The molecule has 2 amide bonds. The molecule has 120 valence electrons. The van der Waals surface area contributed by atoms with Crippen molar-refractivity contribution in [3.63, 3.8) is 0 Å². The molecular formula is C15H13Cl2N3O2S. The fourth-order valence-electron chi connectivity index (χ4n) is 1.63. The van der Waals surface area contributed by atoms with Crippen LogP contribution in [-0.2, 0) is 4.79 Å². The van der Waals surface area contributed by atoms with Gasteiger partial charge in [-0.25, -0.2) is 5.43 Å². The summed E-state index contributed by atoms with van der Waals surface area (Å²) in [5, 5.41) is 9.14. The van der Waals surface area contributed by atoms with Crippen molar-refractivity contribution >= 4 is 52.1 Å². The summed E-state index contributed by atoms with van der Waals surface area (Å²) in [5.41, 5.74) is 3.69. The summed E-state index contributed by atoms with van der Waals surface area (Å²) >= 11 is 13.1. The minimum absolute atomic E-state index is 0.158. The predicted molar refractivity (Wildman–Crippen MR) is 93.5 cm³/mol. The fourth-order valence-corrected chi connectivity index (χ4v) is 2.57. The topological polar surface area (TPSA) is 70.6 Å². The van der Waals surface area contributed by atoms with Crippen LogP contribution in [0.15, 0.2) is 40.8 Å². The molecule has 2 N–H and O–H groups in total. The molecule has 0 aliphatic heterocycles. The van der Waals surface area contributed by atoms with Gasteiger partial charge in [0.25, 0.3) is 11.8 Å². The van der Waals surface area contributed by atoms with Crippen molar-refractivity contribution in [1.29, 1.82) is 0 Å². The van der Waals surface area contributed by atoms with Gasteiger partial charge in [-0.2, -0.15) is 5.10 Å². The lowest BCUT2D eigenvalue weighted by Gasteiger charge is -2.05. The van der Waals surface area contributed by atoms with Crippen LogP contribution in [-0.4, -0.2) is 24.1 Å². The number of rotatable bonds is 5. The summed E-state index contributed by atoms with van der Waals surface area (Å²) in [4.78, 5) is 23.9. The van der Waals surface area contributed by atoms with Gasteiger partial charge in [-0.3, -0.25) is 9.59 Å². The van der Waals surface area contributed by atoms with Gasteiger partial charge in [0.1, 0.15) is 0 Å². The van der Waals surface area contributed by atoms with Gasteiger partial charge >= 0.3 is 0 Å². The van der Waals surface area contributed by atoms with Gasteiger partial charge in [0.2, 0.25) is 0 Å². The van der Waals surface area contributed by atoms with E-state index in [9.17, 15) is 9.59 Å². The van der Waals surface area contributed by atoms with E-state index in [-0.39, 0.29) is 12.5 Å². The lowest BCUT2D eigenvalue weighted by molar-refractivity contribution is -0.120. The maximum atomic E-state index is 11.7. The van der Waals surface area contributed by atoms with E-state index in [1.165, 1.54) is 11.3 Å². The van der Waals surface area contributed by atoms with Crippen molar-refractivity contribution in [3.8, 4) is 0 Å². The average Bonchev–Trinajstić information content (AvgIpc) is 3.07. The molecule has 2 rings (SSSR count). The second kappa shape index (κ2) is 8.10. The Bertz CT molecular complexity index is 745. The monoisotopic (exact) mass is 369 g/mol. The molecule has 23 heavy (non-hydrogen) atoms. The maximum Gasteiger partial charge on any atom is 0.261 e. The normalized spacial score (nSPS) is 11.2. The molecule has 0 radical (unpaired) electrons. The van der Waals surface area contributed by atoms with E-state index in [2.05, 4.69) is 15.8 Å². The zero-order valence-electron chi connectivity index (χ0n) is 12.1. The molecule has 0 fully saturated rings. The molecule has 0 bridgehead atoms. The van der Waals surface area contributed by atoms with Crippen LogP contribution in [0.5, 0.6) is 0 Å². The summed E-state index contributed by atoms with van der Waals surface area (Å²) in [6.07, 6.45) is 0. The van der Waals surface area contributed by atoms with Crippen LogP contribution in [0, 0.1) is 0 Å². The molecule has 1 aromatic carbocycles. The van der Waals surface area contributed by atoms with Crippen molar-refractivity contribution < 1.29 is 9.59 Å². The van der Waals surface area contributed by atoms with Gasteiger partial charge < -0.3 is 5.32 Å². The van der Waals surface area contributed by atoms with Crippen LogP contribution in [0.1, 0.15) is 22.2 Å². The number of nitrogens with one attached hydrogen (secondary N) is 2. The van der Waals surface area contributed by atoms with E-state index in [1.807, 2.05) is 0 Å². The number of hydrogen-bond acceptors (Lipinski definition) is 4. The molecule has 8 heteroatoms. The third kappa shape index (κ3) is 5.06. The Balaban J connectivity index is 1.87. The van der Waals surface area contributed by atoms with Gasteiger partial charge in [0.15, 0.2) is 0 Å². The van der Waals surface area contributed by atoms with E-state index < -0.39 is 5.91 Å². The highest BCUT2D eigenvalue weighted by molar-refractivity contribution is 7.12. The molecule has 0 spiro atoms. The summed E-state index contributed by atoms with van der Waals surface area (Å²) in [6, 6.07) is 8.52. The van der Waals surface area contributed by atoms with Crippen LogP contribution in [0.3, 0.4) is 0 Å². The highest BCUT2D eigenvalue weighted by atomic mass is 35.5. The van der Waals surface area contributed by atoms with Gasteiger partial charge in [-0.15, -0.1) is 11.3 Å².